The summed E-state index contributed by atoms with van der Waals surface area (Å²) in [4.78, 5) is 3.09. The van der Waals surface area contributed by atoms with E-state index in [0.717, 1.165) is 0 Å². The molecule has 0 aromatic heterocycles. The first-order valence-corrected chi connectivity index (χ1v) is 27.7. The summed E-state index contributed by atoms with van der Waals surface area (Å²) in [7, 11) is 0. The van der Waals surface area contributed by atoms with Crippen LogP contribution in [0.15, 0.2) is 87.3 Å². The monoisotopic (exact) mass is 814 g/mol. The van der Waals surface area contributed by atoms with Gasteiger partial charge >= 0.3 is 260 Å². The summed E-state index contributed by atoms with van der Waals surface area (Å²) < 4.78 is 3.65. The van der Waals surface area contributed by atoms with E-state index in [-0.39, 0.29) is 24.8 Å². The second-order valence-electron chi connectivity index (χ2n) is 12.4. The van der Waals surface area contributed by atoms with Gasteiger partial charge in [0.2, 0.25) is 0 Å². The first-order chi connectivity index (χ1) is 18.9. The Morgan fingerprint density at radius 2 is 0.905 bits per heavy atom. The van der Waals surface area contributed by atoms with Gasteiger partial charge in [-0.1, -0.05) is 0 Å². The normalized spacial score (nSPS) is 20.7. The number of allylic oxidation sites excluding steroid dienone is 8. The van der Waals surface area contributed by atoms with Gasteiger partial charge in [-0.05, 0) is 0 Å². The summed E-state index contributed by atoms with van der Waals surface area (Å²) in [5.41, 5.74) is 17.5. The molecule has 218 valence electrons. The molecule has 0 spiro atoms. The van der Waals surface area contributed by atoms with Crippen molar-refractivity contribution in [2.45, 2.75) is 79.0 Å². The summed E-state index contributed by atoms with van der Waals surface area (Å²) in [6, 6.07) is 14.4. The summed E-state index contributed by atoms with van der Waals surface area (Å²) >= 11 is 1.67. The average Bonchev–Trinajstić information content (AvgIpc) is 3.50. The molecular formula is C36H40Cl2HfS2Si. The zero-order valence-electron chi connectivity index (χ0n) is 26.3. The van der Waals surface area contributed by atoms with Crippen molar-refractivity contribution in [3.63, 3.8) is 0 Å². The third-order valence-electron chi connectivity index (χ3n) is 8.50. The van der Waals surface area contributed by atoms with Crippen LogP contribution in [-0.4, -0.2) is 16.0 Å². The topological polar surface area (TPSA) is 0 Å². The molecule has 0 amide bonds. The van der Waals surface area contributed by atoms with E-state index in [1.807, 2.05) is 6.66 Å². The second-order valence-corrected chi connectivity index (χ2v) is 38.3. The molecule has 0 N–H and O–H groups in total. The van der Waals surface area contributed by atoms with E-state index in [9.17, 15) is 0 Å². The van der Waals surface area contributed by atoms with Gasteiger partial charge in [0.25, 0.3) is 0 Å². The van der Waals surface area contributed by atoms with E-state index < -0.39 is 25.6 Å². The Bertz CT molecular complexity index is 1580. The molecule has 0 saturated heterocycles. The number of hydrogen-bond donors (Lipinski definition) is 0. The molecule has 6 heteroatoms. The van der Waals surface area contributed by atoms with E-state index in [1.165, 1.54) is 33.4 Å². The number of halogens is 2. The molecule has 2 unspecified atom stereocenters. The molecule has 6 rings (SSSR count). The number of hydrogen-bond acceptors (Lipinski definition) is 2. The molecule has 0 radical (unpaired) electrons. The standard InChI is InChI=1S/2C17H17S.C2H6Si.2ClH.Hf/c2*1-10-5-11(2)7-14(6-10)17-13(4)18-16-9-12(3)8-15(16)17;1-3-2;;;/h2*5-7,9,13H,1-4H3;1-2H3;2*1H;/q;;;;;+2/p-2. The van der Waals surface area contributed by atoms with Gasteiger partial charge in [0.1, 0.15) is 0 Å². The third-order valence-corrected chi connectivity index (χ3v) is 34.9. The quantitative estimate of drug-likeness (QED) is 0.414. The molecular weight excluding hydrogens is 774 g/mol. The van der Waals surface area contributed by atoms with Crippen molar-refractivity contribution in [1.82, 2.24) is 0 Å². The molecule has 2 aliphatic carbocycles. The van der Waals surface area contributed by atoms with Crippen LogP contribution in [0.5, 0.6) is 0 Å². The van der Waals surface area contributed by atoms with E-state index in [4.69, 9.17) is 0 Å². The molecule has 4 aliphatic rings. The number of thioether (sulfide) groups is 2. The zero-order chi connectivity index (χ0) is 28.6. The van der Waals surface area contributed by atoms with Gasteiger partial charge in [-0.2, -0.15) is 0 Å². The van der Waals surface area contributed by atoms with E-state index >= 15 is 0 Å². The van der Waals surface area contributed by atoms with Crippen molar-refractivity contribution in [3.05, 3.63) is 121 Å². The maximum Gasteiger partial charge on any atom is -1.00 e. The van der Waals surface area contributed by atoms with Crippen LogP contribution in [0, 0.1) is 27.7 Å². The molecule has 0 bridgehead atoms. The molecule has 2 aliphatic heterocycles. The summed E-state index contributed by atoms with van der Waals surface area (Å²) in [6.45, 7) is 24.0. The Hall–Kier alpha value is -0.753. The molecule has 42 heavy (non-hydrogen) atoms. The Morgan fingerprint density at radius 1 is 0.571 bits per heavy atom. The second kappa shape index (κ2) is 12.9. The van der Waals surface area contributed by atoms with Gasteiger partial charge in [-0.15, -0.1) is 0 Å². The fourth-order valence-electron chi connectivity index (χ4n) is 7.24. The summed E-state index contributed by atoms with van der Waals surface area (Å²) in [5.74, 6) is 0. The van der Waals surface area contributed by atoms with Crippen molar-refractivity contribution in [2.75, 3.05) is 0 Å². The number of aryl methyl sites for hydroxylation is 4. The first-order valence-electron chi connectivity index (χ1n) is 14.5. The number of fused-ring (bicyclic) bond motifs is 2. The molecule has 2 atom stereocenters. The summed E-state index contributed by atoms with van der Waals surface area (Å²) in [5, 5.41) is 1.00. The van der Waals surface area contributed by atoms with Gasteiger partial charge in [-0.25, -0.2) is 0 Å². The van der Waals surface area contributed by atoms with Crippen LogP contribution in [-0.2, 0) is 20.1 Å². The van der Waals surface area contributed by atoms with E-state index in [2.05, 4.69) is 141 Å². The van der Waals surface area contributed by atoms with Gasteiger partial charge in [0, 0.05) is 0 Å². The minimum absolute atomic E-state index is 0. The summed E-state index contributed by atoms with van der Waals surface area (Å²) in [6.07, 6.45) is 5.11. The SMILES string of the molecule is CC1=[C]([Hf+2]([C]2=C(C)C=C3SC(C)C(c4cc(C)cc(C)c4)=C32)=[Si](C)C)C2=C(c3cc(C)cc(C)c3)C(C)SC2=C1.[Cl-].[Cl-]. The molecule has 2 heterocycles. The molecule has 0 saturated carbocycles. The zero-order valence-corrected chi connectivity index (χ0v) is 34.1. The van der Waals surface area contributed by atoms with Crippen molar-refractivity contribution < 1.29 is 44.9 Å². The minimum atomic E-state index is -2.53. The Kier molecular flexibility index (Phi) is 10.5. The average molecular weight is 814 g/mol. The molecule has 2 aromatic rings. The van der Waals surface area contributed by atoms with E-state index in [1.54, 1.807) is 43.2 Å². The van der Waals surface area contributed by atoms with Crippen LogP contribution in [0.1, 0.15) is 61.1 Å². The minimum Gasteiger partial charge on any atom is -1.00 e. The van der Waals surface area contributed by atoms with Crippen LogP contribution < -0.4 is 24.8 Å². The van der Waals surface area contributed by atoms with Crippen LogP contribution in [0.2, 0.25) is 13.1 Å². The predicted molar refractivity (Wildman–Crippen MR) is 179 cm³/mol. The van der Waals surface area contributed by atoms with Gasteiger partial charge in [0.15, 0.2) is 0 Å². The van der Waals surface area contributed by atoms with Crippen molar-refractivity contribution in [2.24, 2.45) is 0 Å². The first kappa shape index (κ1) is 34.1. The van der Waals surface area contributed by atoms with Crippen LogP contribution in [0.25, 0.3) is 11.1 Å². The molecule has 0 fully saturated rings. The van der Waals surface area contributed by atoms with Crippen molar-refractivity contribution >= 4 is 40.2 Å². The molecule has 0 nitrogen and oxygen atoms in total. The van der Waals surface area contributed by atoms with Crippen LogP contribution in [0.4, 0.5) is 0 Å². The van der Waals surface area contributed by atoms with Crippen LogP contribution >= 0.6 is 23.5 Å². The number of rotatable bonds is 4. The fraction of sp³-hybridized carbons (Fsp3) is 0.333. The molecule has 2 aromatic carbocycles. The Balaban J connectivity index is 0.00000202. The van der Waals surface area contributed by atoms with Gasteiger partial charge < -0.3 is 24.8 Å². The maximum atomic E-state index is 2.63. The predicted octanol–water partition coefficient (Wildman–Crippen LogP) is 4.62. The third kappa shape index (κ3) is 5.83. The smallest absolute Gasteiger partial charge is 1.00 e. The van der Waals surface area contributed by atoms with Crippen molar-refractivity contribution in [3.8, 4) is 0 Å². The fourth-order valence-corrected chi connectivity index (χ4v) is 35.6. The Labute approximate surface area is 282 Å². The number of benzene rings is 2. The largest absolute Gasteiger partial charge is 1.00 e. The Morgan fingerprint density at radius 3 is 1.21 bits per heavy atom. The van der Waals surface area contributed by atoms with Gasteiger partial charge in [0.05, 0.1) is 0 Å². The maximum absolute atomic E-state index is 2.63. The van der Waals surface area contributed by atoms with Crippen molar-refractivity contribution in [1.29, 1.82) is 0 Å². The van der Waals surface area contributed by atoms with Gasteiger partial charge in [-0.3, -0.25) is 0 Å². The van der Waals surface area contributed by atoms with Crippen LogP contribution in [0.3, 0.4) is 0 Å². The van der Waals surface area contributed by atoms with E-state index in [0.29, 0.717) is 10.5 Å².